The molecule has 4 aliphatic carbocycles. The maximum Gasteiger partial charge on any atom is 0.171 e. The maximum absolute atomic E-state index is 6.05. The largest absolute Gasteiger partial charge is 0.369 e. The second-order valence-electron chi connectivity index (χ2n) is 10.0. The highest BCUT2D eigenvalue weighted by atomic mass is 16.7. The van der Waals surface area contributed by atoms with Crippen molar-refractivity contribution in [3.8, 4) is 0 Å². The van der Waals surface area contributed by atoms with Crippen LogP contribution in [0.5, 0.6) is 0 Å². The van der Waals surface area contributed by atoms with Gasteiger partial charge in [-0.15, -0.1) is 0 Å². The van der Waals surface area contributed by atoms with E-state index in [1.165, 1.54) is 38.5 Å². The SMILES string of the molecule is COC1(OC)CC[C@@]2(C)C(=CC[C@H]3[C@H]2CC[C@@]2(C)[C@H]3CC[C@@]23CO3)C1. The van der Waals surface area contributed by atoms with Gasteiger partial charge in [-0.05, 0) is 61.7 Å². The first-order valence-electron chi connectivity index (χ1n) is 10.4. The minimum Gasteiger partial charge on any atom is -0.369 e. The molecule has 3 nitrogen and oxygen atoms in total. The highest BCUT2D eigenvalue weighted by molar-refractivity contribution is 5.28. The number of methoxy groups -OCH3 is 2. The van der Waals surface area contributed by atoms with Crippen molar-refractivity contribution in [1.29, 1.82) is 0 Å². The van der Waals surface area contributed by atoms with Gasteiger partial charge in [-0.2, -0.15) is 0 Å². The first kappa shape index (κ1) is 16.8. The first-order valence-corrected chi connectivity index (χ1v) is 10.4. The minimum atomic E-state index is -0.388. The van der Waals surface area contributed by atoms with Gasteiger partial charge >= 0.3 is 0 Å². The number of ether oxygens (including phenoxy) is 3. The number of hydrogen-bond donors (Lipinski definition) is 0. The first-order chi connectivity index (χ1) is 11.9. The molecule has 0 aromatic heterocycles. The average molecular weight is 347 g/mol. The van der Waals surface area contributed by atoms with Gasteiger partial charge in [0, 0.05) is 32.5 Å². The van der Waals surface area contributed by atoms with E-state index in [0.717, 1.165) is 37.2 Å². The molecule has 0 radical (unpaired) electrons. The molecule has 0 N–H and O–H groups in total. The van der Waals surface area contributed by atoms with Crippen LogP contribution in [0.25, 0.3) is 0 Å². The Kier molecular flexibility index (Phi) is 3.43. The molecule has 0 aromatic carbocycles. The lowest BCUT2D eigenvalue weighted by Gasteiger charge is -2.59. The lowest BCUT2D eigenvalue weighted by Crippen LogP contribution is -2.53. The summed E-state index contributed by atoms with van der Waals surface area (Å²) in [5.74, 6) is 2.17. The summed E-state index contributed by atoms with van der Waals surface area (Å²) in [6.45, 7) is 6.13. The number of epoxide rings is 1. The monoisotopic (exact) mass is 346 g/mol. The third kappa shape index (κ3) is 1.98. The number of hydrogen-bond acceptors (Lipinski definition) is 3. The predicted octanol–water partition coefficient (Wildman–Crippen LogP) is 4.71. The fraction of sp³-hybridized carbons (Fsp3) is 0.909. The molecule has 6 atom stereocenters. The smallest absolute Gasteiger partial charge is 0.171 e. The number of rotatable bonds is 2. The minimum absolute atomic E-state index is 0.265. The van der Waals surface area contributed by atoms with Crippen molar-refractivity contribution >= 4 is 0 Å². The van der Waals surface area contributed by atoms with E-state index in [-0.39, 0.29) is 11.4 Å². The van der Waals surface area contributed by atoms with Crippen molar-refractivity contribution in [2.75, 3.05) is 20.8 Å². The molecule has 3 saturated carbocycles. The second-order valence-corrected chi connectivity index (χ2v) is 10.0. The van der Waals surface area contributed by atoms with E-state index in [4.69, 9.17) is 14.2 Å². The molecule has 140 valence electrons. The molecule has 5 rings (SSSR count). The van der Waals surface area contributed by atoms with Crippen LogP contribution in [-0.2, 0) is 14.2 Å². The van der Waals surface area contributed by atoms with Crippen LogP contribution in [0.2, 0.25) is 0 Å². The summed E-state index contributed by atoms with van der Waals surface area (Å²) < 4.78 is 17.6. The third-order valence-electron chi connectivity index (χ3n) is 9.64. The van der Waals surface area contributed by atoms with E-state index in [2.05, 4.69) is 19.9 Å². The van der Waals surface area contributed by atoms with Crippen LogP contribution < -0.4 is 0 Å². The topological polar surface area (TPSA) is 31.0 Å². The third-order valence-corrected chi connectivity index (χ3v) is 9.64. The van der Waals surface area contributed by atoms with Gasteiger partial charge in [0.2, 0.25) is 0 Å². The fourth-order valence-electron chi connectivity index (χ4n) is 7.69. The van der Waals surface area contributed by atoms with Gasteiger partial charge in [-0.3, -0.25) is 0 Å². The van der Waals surface area contributed by atoms with Crippen molar-refractivity contribution in [2.24, 2.45) is 28.6 Å². The zero-order valence-corrected chi connectivity index (χ0v) is 16.4. The maximum atomic E-state index is 6.05. The molecular formula is C22H34O3. The molecule has 0 aromatic rings. The summed E-state index contributed by atoms with van der Waals surface area (Å²) in [6, 6.07) is 0. The summed E-state index contributed by atoms with van der Waals surface area (Å²) in [7, 11) is 3.61. The van der Waals surface area contributed by atoms with Crippen LogP contribution in [0.15, 0.2) is 11.6 Å². The van der Waals surface area contributed by atoms with Crippen molar-refractivity contribution in [3.63, 3.8) is 0 Å². The average Bonchev–Trinajstić information content (AvgIpc) is 3.35. The van der Waals surface area contributed by atoms with E-state index < -0.39 is 0 Å². The highest BCUT2D eigenvalue weighted by Crippen LogP contribution is 2.70. The predicted molar refractivity (Wildman–Crippen MR) is 97.1 cm³/mol. The van der Waals surface area contributed by atoms with Crippen LogP contribution in [0.1, 0.15) is 65.2 Å². The zero-order chi connectivity index (χ0) is 17.5. The summed E-state index contributed by atoms with van der Waals surface area (Å²) in [5, 5.41) is 0. The van der Waals surface area contributed by atoms with Crippen LogP contribution >= 0.6 is 0 Å². The van der Waals surface area contributed by atoms with Crippen LogP contribution in [0.3, 0.4) is 0 Å². The van der Waals surface area contributed by atoms with E-state index in [1.54, 1.807) is 19.8 Å². The Hall–Kier alpha value is -0.380. The summed E-state index contributed by atoms with van der Waals surface area (Å²) >= 11 is 0. The van der Waals surface area contributed by atoms with Crippen molar-refractivity contribution in [3.05, 3.63) is 11.6 Å². The zero-order valence-electron chi connectivity index (χ0n) is 16.4. The number of fused-ring (bicyclic) bond motifs is 6. The van der Waals surface area contributed by atoms with Crippen molar-refractivity contribution in [1.82, 2.24) is 0 Å². The lowest BCUT2D eigenvalue weighted by atomic mass is 9.47. The van der Waals surface area contributed by atoms with Crippen LogP contribution in [0, 0.1) is 28.6 Å². The van der Waals surface area contributed by atoms with Gasteiger partial charge in [0.1, 0.15) is 0 Å². The Labute approximate surface area is 152 Å². The van der Waals surface area contributed by atoms with Gasteiger partial charge in [-0.25, -0.2) is 0 Å². The summed E-state index contributed by atoms with van der Waals surface area (Å²) in [4.78, 5) is 0. The molecule has 1 saturated heterocycles. The molecule has 1 spiro atoms. The standard InChI is InChI=1S/C22H34O3/c1-19-11-12-22(23-3,24-4)13-15(19)5-6-16-17(19)7-9-20(2)18(16)8-10-21(20)14-25-21/h5,16-18H,6-14H2,1-4H3/t16-,17+,18-,19-,20-,21+/m0/s1. The van der Waals surface area contributed by atoms with E-state index in [0.29, 0.717) is 10.8 Å². The molecule has 0 bridgehead atoms. The molecule has 5 aliphatic rings. The van der Waals surface area contributed by atoms with Gasteiger partial charge < -0.3 is 14.2 Å². The Morgan fingerprint density at radius 1 is 1.00 bits per heavy atom. The molecule has 1 aliphatic heterocycles. The van der Waals surface area contributed by atoms with Gasteiger partial charge in [0.05, 0.1) is 12.2 Å². The van der Waals surface area contributed by atoms with Crippen LogP contribution in [-0.4, -0.2) is 32.2 Å². The van der Waals surface area contributed by atoms with Gasteiger partial charge in [0.25, 0.3) is 0 Å². The molecule has 0 unspecified atom stereocenters. The second kappa shape index (κ2) is 5.11. The quantitative estimate of drug-likeness (QED) is 0.412. The number of allylic oxidation sites excluding steroid dienone is 1. The van der Waals surface area contributed by atoms with E-state index in [9.17, 15) is 0 Å². The molecule has 0 amide bonds. The fourth-order valence-corrected chi connectivity index (χ4v) is 7.69. The Bertz CT molecular complexity index is 602. The molecule has 25 heavy (non-hydrogen) atoms. The Balaban J connectivity index is 1.47. The molecular weight excluding hydrogens is 312 g/mol. The highest BCUT2D eigenvalue weighted by Gasteiger charge is 2.69. The molecule has 3 heteroatoms. The van der Waals surface area contributed by atoms with E-state index in [1.807, 2.05) is 0 Å². The van der Waals surface area contributed by atoms with Crippen molar-refractivity contribution in [2.45, 2.75) is 76.6 Å². The van der Waals surface area contributed by atoms with Gasteiger partial charge in [-0.1, -0.05) is 25.5 Å². The van der Waals surface area contributed by atoms with Gasteiger partial charge in [0.15, 0.2) is 5.79 Å². The molecule has 4 fully saturated rings. The normalized spacial score (nSPS) is 53.0. The summed E-state index contributed by atoms with van der Waals surface area (Å²) in [5.41, 5.74) is 2.67. The molecule has 1 heterocycles. The Morgan fingerprint density at radius 3 is 2.40 bits per heavy atom. The summed E-state index contributed by atoms with van der Waals surface area (Å²) in [6.07, 6.45) is 12.4. The lowest BCUT2D eigenvalue weighted by molar-refractivity contribution is -0.227. The Morgan fingerprint density at radius 2 is 1.72 bits per heavy atom. The van der Waals surface area contributed by atoms with Crippen LogP contribution in [0.4, 0.5) is 0 Å². The van der Waals surface area contributed by atoms with E-state index >= 15 is 0 Å². The van der Waals surface area contributed by atoms with Crippen molar-refractivity contribution < 1.29 is 14.2 Å².